The number of benzene rings is 2. The van der Waals surface area contributed by atoms with Crippen LogP contribution in [0.3, 0.4) is 0 Å². The monoisotopic (exact) mass is 480 g/mol. The van der Waals surface area contributed by atoms with Crippen molar-refractivity contribution in [3.63, 3.8) is 0 Å². The zero-order valence-electron chi connectivity index (χ0n) is 18.6. The largest absolute Gasteiger partial charge is 0.461 e. The number of ether oxygens (including phenoxy) is 2. The van der Waals surface area contributed by atoms with Gasteiger partial charge in [-0.05, 0) is 11.1 Å². The number of esters is 2. The SMILES string of the molecule is CC(=O)OCC1=C(C(=O)OCc2ccccc2)N2C(=O)[C@@H](NC(=O)Cc3ccccc3)[C@@H]2SC1. The lowest BCUT2D eigenvalue weighted by atomic mass is 10.0. The molecule has 34 heavy (non-hydrogen) atoms. The van der Waals surface area contributed by atoms with E-state index < -0.39 is 29.3 Å². The van der Waals surface area contributed by atoms with Crippen LogP contribution in [0.25, 0.3) is 0 Å². The lowest BCUT2D eigenvalue weighted by Gasteiger charge is -2.49. The highest BCUT2D eigenvalue weighted by atomic mass is 32.2. The summed E-state index contributed by atoms with van der Waals surface area (Å²) in [6.45, 7) is 1.21. The first-order chi connectivity index (χ1) is 16.4. The van der Waals surface area contributed by atoms with Gasteiger partial charge < -0.3 is 14.8 Å². The number of rotatable bonds is 8. The number of thioether (sulfide) groups is 1. The zero-order valence-corrected chi connectivity index (χ0v) is 19.4. The van der Waals surface area contributed by atoms with Crippen molar-refractivity contribution < 1.29 is 28.7 Å². The van der Waals surface area contributed by atoms with Crippen molar-refractivity contribution >= 4 is 35.5 Å². The average Bonchev–Trinajstić information content (AvgIpc) is 2.85. The van der Waals surface area contributed by atoms with Gasteiger partial charge in [0.15, 0.2) is 0 Å². The lowest BCUT2D eigenvalue weighted by Crippen LogP contribution is -2.70. The van der Waals surface area contributed by atoms with Gasteiger partial charge in [-0.3, -0.25) is 19.3 Å². The van der Waals surface area contributed by atoms with Gasteiger partial charge in [0.1, 0.15) is 30.3 Å². The number of amides is 2. The van der Waals surface area contributed by atoms with E-state index in [1.165, 1.54) is 23.6 Å². The van der Waals surface area contributed by atoms with E-state index in [-0.39, 0.29) is 31.2 Å². The molecule has 1 fully saturated rings. The molecule has 2 atom stereocenters. The molecule has 1 N–H and O–H groups in total. The van der Waals surface area contributed by atoms with Gasteiger partial charge >= 0.3 is 11.9 Å². The van der Waals surface area contributed by atoms with E-state index in [2.05, 4.69) is 5.32 Å². The number of nitrogens with zero attached hydrogens (tertiary/aromatic N) is 1. The van der Waals surface area contributed by atoms with Crippen molar-refractivity contribution in [2.75, 3.05) is 12.4 Å². The first kappa shape index (κ1) is 23.6. The van der Waals surface area contributed by atoms with Crippen molar-refractivity contribution in [3.05, 3.63) is 83.1 Å². The minimum absolute atomic E-state index is 0.0428. The molecule has 2 heterocycles. The number of carbonyl (C=O) groups is 4. The molecule has 8 nitrogen and oxygen atoms in total. The highest BCUT2D eigenvalue weighted by Crippen LogP contribution is 2.40. The molecule has 0 saturated carbocycles. The van der Waals surface area contributed by atoms with E-state index in [1.807, 2.05) is 60.7 Å². The van der Waals surface area contributed by atoms with Gasteiger partial charge in [0.05, 0.1) is 6.42 Å². The number of hydrogen-bond acceptors (Lipinski definition) is 7. The fourth-order valence-corrected chi connectivity index (χ4v) is 5.10. The van der Waals surface area contributed by atoms with Crippen molar-refractivity contribution in [2.45, 2.75) is 31.4 Å². The zero-order chi connectivity index (χ0) is 24.1. The van der Waals surface area contributed by atoms with E-state index in [4.69, 9.17) is 9.47 Å². The normalized spacial score (nSPS) is 19.1. The fraction of sp³-hybridized carbons (Fsp3) is 0.280. The van der Waals surface area contributed by atoms with Crippen molar-refractivity contribution in [1.29, 1.82) is 0 Å². The Bertz CT molecular complexity index is 1120. The smallest absolute Gasteiger partial charge is 0.355 e. The van der Waals surface area contributed by atoms with Gasteiger partial charge in [-0.15, -0.1) is 11.8 Å². The molecule has 0 aliphatic carbocycles. The maximum atomic E-state index is 13.0. The Morgan fingerprint density at radius 1 is 0.971 bits per heavy atom. The van der Waals surface area contributed by atoms with Crippen LogP contribution in [0.1, 0.15) is 18.1 Å². The number of nitrogens with one attached hydrogen (secondary N) is 1. The molecule has 4 rings (SSSR count). The van der Waals surface area contributed by atoms with Crippen molar-refractivity contribution in [2.24, 2.45) is 0 Å². The van der Waals surface area contributed by atoms with Crippen LogP contribution in [0, 0.1) is 0 Å². The minimum atomic E-state index is -0.742. The Morgan fingerprint density at radius 3 is 2.26 bits per heavy atom. The van der Waals surface area contributed by atoms with Crippen LogP contribution in [-0.4, -0.2) is 52.4 Å². The average molecular weight is 481 g/mol. The molecule has 9 heteroatoms. The third-order valence-electron chi connectivity index (χ3n) is 5.43. The summed E-state index contributed by atoms with van der Waals surface area (Å²) in [5, 5.41) is 2.35. The van der Waals surface area contributed by atoms with E-state index in [0.717, 1.165) is 11.1 Å². The Hall–Kier alpha value is -3.59. The number of hydrogen-bond donors (Lipinski definition) is 1. The maximum Gasteiger partial charge on any atom is 0.355 e. The second kappa shape index (κ2) is 10.6. The lowest BCUT2D eigenvalue weighted by molar-refractivity contribution is -0.153. The molecule has 0 radical (unpaired) electrons. The van der Waals surface area contributed by atoms with E-state index >= 15 is 0 Å². The third-order valence-corrected chi connectivity index (χ3v) is 6.77. The second-order valence-corrected chi connectivity index (χ2v) is 9.02. The van der Waals surface area contributed by atoms with Gasteiger partial charge in [-0.25, -0.2) is 4.79 Å². The van der Waals surface area contributed by atoms with E-state index in [1.54, 1.807) is 0 Å². The van der Waals surface area contributed by atoms with Gasteiger partial charge in [-0.2, -0.15) is 0 Å². The molecule has 2 aromatic rings. The Kier molecular flexibility index (Phi) is 7.32. The highest BCUT2D eigenvalue weighted by molar-refractivity contribution is 8.00. The molecule has 0 bridgehead atoms. The molecule has 0 unspecified atom stereocenters. The summed E-state index contributed by atoms with van der Waals surface area (Å²) in [7, 11) is 0. The molecular formula is C25H24N2O6S. The first-order valence-electron chi connectivity index (χ1n) is 10.8. The summed E-state index contributed by atoms with van der Waals surface area (Å²) in [6.07, 6.45) is 0.154. The summed E-state index contributed by atoms with van der Waals surface area (Å²) in [4.78, 5) is 51.2. The molecule has 176 valence electrons. The Morgan fingerprint density at radius 2 is 1.62 bits per heavy atom. The molecule has 0 spiro atoms. The van der Waals surface area contributed by atoms with Crippen LogP contribution in [-0.2, 0) is 41.7 Å². The van der Waals surface area contributed by atoms with Crippen molar-refractivity contribution in [1.82, 2.24) is 10.2 Å². The number of β-lactam (4-membered cyclic amide) rings is 1. The van der Waals surface area contributed by atoms with Crippen LogP contribution in [0.5, 0.6) is 0 Å². The Balaban J connectivity index is 1.47. The van der Waals surface area contributed by atoms with E-state index in [0.29, 0.717) is 11.3 Å². The highest BCUT2D eigenvalue weighted by Gasteiger charge is 2.54. The van der Waals surface area contributed by atoms with Gasteiger partial charge in [-0.1, -0.05) is 60.7 Å². The van der Waals surface area contributed by atoms with Crippen LogP contribution >= 0.6 is 11.8 Å². The molecule has 2 aromatic carbocycles. The summed E-state index contributed by atoms with van der Waals surface area (Å²) in [5.41, 5.74) is 2.23. The summed E-state index contributed by atoms with van der Waals surface area (Å²) in [6, 6.07) is 17.7. The quantitative estimate of drug-likeness (QED) is 0.456. The number of fused-ring (bicyclic) bond motifs is 1. The van der Waals surface area contributed by atoms with Gasteiger partial charge in [0, 0.05) is 18.2 Å². The molecule has 2 amide bonds. The van der Waals surface area contributed by atoms with Crippen LogP contribution < -0.4 is 5.32 Å². The standard InChI is InChI=1S/C25H24N2O6S/c1-16(28)32-14-19-15-34-24-21(26-20(29)12-17-8-4-2-5-9-17)23(30)27(24)22(19)25(31)33-13-18-10-6-3-7-11-18/h2-11,21,24H,12-15H2,1H3,(H,26,29)/t21-,24+/m1/s1. The molecule has 2 aliphatic heterocycles. The van der Waals surface area contributed by atoms with E-state index in [9.17, 15) is 19.2 Å². The van der Waals surface area contributed by atoms with Crippen LogP contribution in [0.15, 0.2) is 71.9 Å². The van der Waals surface area contributed by atoms with Crippen molar-refractivity contribution in [3.8, 4) is 0 Å². The van der Waals surface area contributed by atoms with Gasteiger partial charge in [0.2, 0.25) is 5.91 Å². The summed E-state index contributed by atoms with van der Waals surface area (Å²) < 4.78 is 10.6. The summed E-state index contributed by atoms with van der Waals surface area (Å²) >= 11 is 1.40. The Labute approximate surface area is 201 Å². The second-order valence-electron chi connectivity index (χ2n) is 7.91. The van der Waals surface area contributed by atoms with Crippen LogP contribution in [0.2, 0.25) is 0 Å². The minimum Gasteiger partial charge on any atom is -0.461 e. The molecule has 0 aromatic heterocycles. The molecule has 1 saturated heterocycles. The van der Waals surface area contributed by atoms with Crippen LogP contribution in [0.4, 0.5) is 0 Å². The first-order valence-corrected chi connectivity index (χ1v) is 11.8. The third kappa shape index (κ3) is 5.31. The van der Waals surface area contributed by atoms with Gasteiger partial charge in [0.25, 0.3) is 5.91 Å². The predicted molar refractivity (Wildman–Crippen MR) is 125 cm³/mol. The topological polar surface area (TPSA) is 102 Å². The number of carbonyl (C=O) groups excluding carboxylic acids is 4. The molecule has 2 aliphatic rings. The maximum absolute atomic E-state index is 13.0. The fourth-order valence-electron chi connectivity index (χ4n) is 3.77. The molecular weight excluding hydrogens is 456 g/mol. The summed E-state index contributed by atoms with van der Waals surface area (Å²) in [5.74, 6) is -1.46. The predicted octanol–water partition coefficient (Wildman–Crippen LogP) is 2.19.